The van der Waals surface area contributed by atoms with E-state index in [4.69, 9.17) is 10.5 Å². The van der Waals surface area contributed by atoms with Crippen molar-refractivity contribution in [3.63, 3.8) is 0 Å². The largest absolute Gasteiger partial charge is 0.483 e. The summed E-state index contributed by atoms with van der Waals surface area (Å²) in [6.45, 7) is 5.78. The van der Waals surface area contributed by atoms with Crippen molar-refractivity contribution in [1.82, 2.24) is 10.2 Å². The van der Waals surface area contributed by atoms with E-state index in [1.807, 2.05) is 0 Å². The number of ether oxygens (including phenoxy) is 1. The Hall–Kier alpha value is -2.86. The lowest BCUT2D eigenvalue weighted by molar-refractivity contribution is -0.119. The molecule has 0 radical (unpaired) electrons. The predicted molar refractivity (Wildman–Crippen MR) is 112 cm³/mol. The summed E-state index contributed by atoms with van der Waals surface area (Å²) in [5.74, 6) is 0.342. The van der Waals surface area contributed by atoms with E-state index >= 15 is 0 Å². The molecular weight excluding hydrogens is 366 g/mol. The molecule has 2 amide bonds. The highest BCUT2D eigenvalue weighted by Gasteiger charge is 2.16. The molecule has 6 heteroatoms. The van der Waals surface area contributed by atoms with Gasteiger partial charge in [0.15, 0.2) is 6.61 Å². The van der Waals surface area contributed by atoms with Crippen LogP contribution < -0.4 is 15.8 Å². The van der Waals surface area contributed by atoms with Gasteiger partial charge in [0.1, 0.15) is 5.75 Å². The van der Waals surface area contributed by atoms with Crippen molar-refractivity contribution >= 4 is 11.8 Å². The van der Waals surface area contributed by atoms with Crippen LogP contribution in [-0.2, 0) is 17.9 Å². The number of rotatable bonds is 8. The first-order chi connectivity index (χ1) is 14.0. The number of primary amides is 1. The first kappa shape index (κ1) is 20.9. The molecule has 0 atom stereocenters. The second kappa shape index (κ2) is 10.1. The first-order valence-electron chi connectivity index (χ1n) is 10.1. The maximum atomic E-state index is 12.5. The van der Waals surface area contributed by atoms with Gasteiger partial charge in [0.25, 0.3) is 11.8 Å². The van der Waals surface area contributed by atoms with Gasteiger partial charge in [-0.1, -0.05) is 43.3 Å². The van der Waals surface area contributed by atoms with Crippen LogP contribution in [0.3, 0.4) is 0 Å². The normalized spacial score (nSPS) is 15.1. The van der Waals surface area contributed by atoms with E-state index in [1.54, 1.807) is 24.3 Å². The van der Waals surface area contributed by atoms with Crippen LogP contribution in [0.15, 0.2) is 48.5 Å². The molecule has 1 saturated heterocycles. The Kier molecular flexibility index (Phi) is 7.25. The second-order valence-electron chi connectivity index (χ2n) is 7.71. The fourth-order valence-electron chi connectivity index (χ4n) is 3.45. The number of hydrogen-bond acceptors (Lipinski definition) is 4. The number of likely N-dealkylation sites (tertiary alicyclic amines) is 1. The molecule has 1 aliphatic heterocycles. The highest BCUT2D eigenvalue weighted by atomic mass is 16.5. The van der Waals surface area contributed by atoms with E-state index in [0.717, 1.165) is 31.1 Å². The predicted octanol–water partition coefficient (Wildman–Crippen LogP) is 2.71. The Morgan fingerprint density at radius 1 is 1.07 bits per heavy atom. The lowest BCUT2D eigenvalue weighted by atomic mass is 9.99. The molecule has 0 aliphatic carbocycles. The average Bonchev–Trinajstić information content (AvgIpc) is 2.73. The number of nitrogens with one attached hydrogen (secondary N) is 1. The minimum Gasteiger partial charge on any atom is -0.483 e. The molecule has 3 rings (SSSR count). The van der Waals surface area contributed by atoms with E-state index in [-0.39, 0.29) is 12.5 Å². The Labute approximate surface area is 172 Å². The monoisotopic (exact) mass is 395 g/mol. The topological polar surface area (TPSA) is 84.7 Å². The van der Waals surface area contributed by atoms with Crippen LogP contribution >= 0.6 is 0 Å². The lowest BCUT2D eigenvalue weighted by Gasteiger charge is -2.30. The maximum absolute atomic E-state index is 12.5. The zero-order valence-electron chi connectivity index (χ0n) is 16.9. The van der Waals surface area contributed by atoms with Crippen molar-refractivity contribution in [3.05, 3.63) is 65.2 Å². The van der Waals surface area contributed by atoms with Crippen LogP contribution in [0.5, 0.6) is 5.75 Å². The molecule has 6 nitrogen and oxygen atoms in total. The van der Waals surface area contributed by atoms with E-state index in [9.17, 15) is 9.59 Å². The SMILES string of the molecule is CC1CCN(Cc2ccc(CNC(=O)c3ccccc3OCC(N)=O)cc2)CC1. The van der Waals surface area contributed by atoms with Crippen LogP contribution in [0.4, 0.5) is 0 Å². The summed E-state index contributed by atoms with van der Waals surface area (Å²) in [6, 6.07) is 15.2. The van der Waals surface area contributed by atoms with Crippen molar-refractivity contribution in [3.8, 4) is 5.75 Å². The van der Waals surface area contributed by atoms with Gasteiger partial charge in [-0.3, -0.25) is 14.5 Å². The maximum Gasteiger partial charge on any atom is 0.255 e. The highest BCUT2D eigenvalue weighted by molar-refractivity contribution is 5.97. The molecule has 1 heterocycles. The molecule has 2 aromatic rings. The number of amides is 2. The number of nitrogens with zero attached hydrogens (tertiary/aromatic N) is 1. The Balaban J connectivity index is 1.52. The smallest absolute Gasteiger partial charge is 0.255 e. The van der Waals surface area contributed by atoms with Gasteiger partial charge in [-0.15, -0.1) is 0 Å². The third kappa shape index (κ3) is 6.32. The molecular formula is C23H29N3O3. The van der Waals surface area contributed by atoms with Gasteiger partial charge >= 0.3 is 0 Å². The fraction of sp³-hybridized carbons (Fsp3) is 0.391. The summed E-state index contributed by atoms with van der Waals surface area (Å²) < 4.78 is 5.33. The number of benzene rings is 2. The summed E-state index contributed by atoms with van der Waals surface area (Å²) in [5.41, 5.74) is 7.81. The van der Waals surface area contributed by atoms with Gasteiger partial charge in [0, 0.05) is 13.1 Å². The van der Waals surface area contributed by atoms with Crippen molar-refractivity contribution in [2.24, 2.45) is 11.7 Å². The van der Waals surface area contributed by atoms with Gasteiger partial charge in [0.2, 0.25) is 0 Å². The Morgan fingerprint density at radius 3 is 2.41 bits per heavy atom. The van der Waals surface area contributed by atoms with Crippen LogP contribution in [0.25, 0.3) is 0 Å². The minimum atomic E-state index is -0.584. The second-order valence-corrected chi connectivity index (χ2v) is 7.71. The molecule has 29 heavy (non-hydrogen) atoms. The quantitative estimate of drug-likeness (QED) is 0.720. The van der Waals surface area contributed by atoms with Crippen LogP contribution in [0, 0.1) is 5.92 Å². The third-order valence-corrected chi connectivity index (χ3v) is 5.26. The summed E-state index contributed by atoms with van der Waals surface area (Å²) in [7, 11) is 0. The molecule has 154 valence electrons. The molecule has 0 unspecified atom stereocenters. The van der Waals surface area contributed by atoms with Gasteiger partial charge in [-0.05, 0) is 55.1 Å². The number of piperidine rings is 1. The van der Waals surface area contributed by atoms with Crippen LogP contribution in [0.1, 0.15) is 41.3 Å². The van der Waals surface area contributed by atoms with E-state index in [2.05, 4.69) is 41.4 Å². The van der Waals surface area contributed by atoms with Crippen molar-refractivity contribution in [2.45, 2.75) is 32.9 Å². The van der Waals surface area contributed by atoms with Gasteiger partial charge in [0.05, 0.1) is 5.56 Å². The molecule has 0 spiro atoms. The van der Waals surface area contributed by atoms with Crippen LogP contribution in [-0.4, -0.2) is 36.4 Å². The highest BCUT2D eigenvalue weighted by Crippen LogP contribution is 2.19. The van der Waals surface area contributed by atoms with Crippen molar-refractivity contribution < 1.29 is 14.3 Å². The van der Waals surface area contributed by atoms with E-state index in [1.165, 1.54) is 18.4 Å². The summed E-state index contributed by atoms with van der Waals surface area (Å²) in [5, 5.41) is 2.90. The van der Waals surface area contributed by atoms with E-state index in [0.29, 0.717) is 17.9 Å². The fourth-order valence-corrected chi connectivity index (χ4v) is 3.45. The summed E-state index contributed by atoms with van der Waals surface area (Å²) >= 11 is 0. The van der Waals surface area contributed by atoms with Crippen LogP contribution in [0.2, 0.25) is 0 Å². The average molecular weight is 396 g/mol. The number of nitrogens with two attached hydrogens (primary N) is 1. The van der Waals surface area contributed by atoms with Gasteiger partial charge in [-0.2, -0.15) is 0 Å². The molecule has 1 fully saturated rings. The molecule has 0 saturated carbocycles. The first-order valence-corrected chi connectivity index (χ1v) is 10.1. The minimum absolute atomic E-state index is 0.253. The molecule has 3 N–H and O–H groups in total. The van der Waals surface area contributed by atoms with Crippen molar-refractivity contribution in [2.75, 3.05) is 19.7 Å². The van der Waals surface area contributed by atoms with Gasteiger partial charge < -0.3 is 15.8 Å². The molecule has 0 bridgehead atoms. The zero-order valence-corrected chi connectivity index (χ0v) is 16.9. The number of para-hydroxylation sites is 1. The number of carbonyl (C=O) groups is 2. The summed E-state index contributed by atoms with van der Waals surface area (Å²) in [6.07, 6.45) is 2.55. The molecule has 2 aromatic carbocycles. The van der Waals surface area contributed by atoms with E-state index < -0.39 is 5.91 Å². The van der Waals surface area contributed by atoms with Crippen molar-refractivity contribution in [1.29, 1.82) is 0 Å². The summed E-state index contributed by atoms with van der Waals surface area (Å²) in [4.78, 5) is 26.0. The zero-order chi connectivity index (χ0) is 20.6. The lowest BCUT2D eigenvalue weighted by Crippen LogP contribution is -2.32. The molecule has 0 aromatic heterocycles. The standard InChI is InChI=1S/C23H29N3O3/c1-17-10-12-26(13-11-17)15-19-8-6-18(7-9-19)14-25-23(28)20-4-2-3-5-21(20)29-16-22(24)27/h2-9,17H,10-16H2,1H3,(H2,24,27)(H,25,28). The third-order valence-electron chi connectivity index (χ3n) is 5.26. The Morgan fingerprint density at radius 2 is 1.72 bits per heavy atom. The Bertz CT molecular complexity index is 828. The molecule has 1 aliphatic rings. The van der Waals surface area contributed by atoms with Gasteiger partial charge in [-0.25, -0.2) is 0 Å². The number of carbonyl (C=O) groups excluding carboxylic acids is 2. The number of hydrogen-bond donors (Lipinski definition) is 2.